The van der Waals surface area contributed by atoms with Crippen LogP contribution in [0.4, 0.5) is 5.69 Å². The lowest BCUT2D eigenvalue weighted by molar-refractivity contribution is 0.298. The Kier molecular flexibility index (Phi) is 9.13. The highest BCUT2D eigenvalue weighted by Gasteiger charge is 2.28. The van der Waals surface area contributed by atoms with Crippen molar-refractivity contribution in [1.82, 2.24) is 4.67 Å². The van der Waals surface area contributed by atoms with Gasteiger partial charge in [-0.05, 0) is 68.1 Å². The summed E-state index contributed by atoms with van der Waals surface area (Å²) in [4.78, 5) is 12.8. The van der Waals surface area contributed by atoms with Gasteiger partial charge in [-0.3, -0.25) is 0 Å². The fourth-order valence-corrected chi connectivity index (χ4v) is 4.98. The molecule has 1 aliphatic heterocycles. The highest BCUT2D eigenvalue weighted by atomic mass is 31.2. The molecule has 5 nitrogen and oxygen atoms in total. The van der Waals surface area contributed by atoms with E-state index in [2.05, 4.69) is 53.5 Å². The molecule has 1 heterocycles. The minimum absolute atomic E-state index is 0.395. The molecule has 0 amide bonds. The molecule has 1 atom stereocenters. The Morgan fingerprint density at radius 2 is 1.79 bits per heavy atom. The molecule has 0 spiro atoms. The van der Waals surface area contributed by atoms with Gasteiger partial charge in [0, 0.05) is 24.5 Å². The van der Waals surface area contributed by atoms with Crippen LogP contribution in [0, 0.1) is 0 Å². The zero-order valence-electron chi connectivity index (χ0n) is 19.9. The van der Waals surface area contributed by atoms with Gasteiger partial charge in [-0.15, -0.1) is 0 Å². The summed E-state index contributed by atoms with van der Waals surface area (Å²) in [6.45, 7) is 5.20. The number of allylic oxidation sites excluding steroid dienone is 5. The van der Waals surface area contributed by atoms with Gasteiger partial charge >= 0.3 is 7.75 Å². The highest BCUT2D eigenvalue weighted by molar-refractivity contribution is 7.50. The Morgan fingerprint density at radius 3 is 2.58 bits per heavy atom. The van der Waals surface area contributed by atoms with Crippen LogP contribution < -0.4 is 9.42 Å². The predicted molar refractivity (Wildman–Crippen MR) is 138 cm³/mol. The summed E-state index contributed by atoms with van der Waals surface area (Å²) >= 11 is 0. The summed E-state index contributed by atoms with van der Waals surface area (Å²) in [5.74, 6) is 0.395. The van der Waals surface area contributed by atoms with Crippen LogP contribution in [0.1, 0.15) is 38.7 Å². The monoisotopic (exact) mass is 466 g/mol. The molecule has 1 unspecified atom stereocenters. The number of benzene rings is 2. The number of para-hydroxylation sites is 2. The molecule has 2 aliphatic rings. The number of fused-ring (bicyclic) bond motifs is 2. The zero-order valence-corrected chi connectivity index (χ0v) is 20.7. The fourth-order valence-electron chi connectivity index (χ4n) is 4.05. The lowest BCUT2D eigenvalue weighted by Gasteiger charge is -2.29. The van der Waals surface area contributed by atoms with Crippen LogP contribution in [0.2, 0.25) is 0 Å². The molecule has 0 radical (unpaired) electrons. The molecule has 0 aromatic heterocycles. The smallest absolute Gasteiger partial charge is 0.413 e. The van der Waals surface area contributed by atoms with E-state index >= 15 is 0 Å². The summed E-state index contributed by atoms with van der Waals surface area (Å²) in [5.41, 5.74) is 5.17. The van der Waals surface area contributed by atoms with Gasteiger partial charge in [0.05, 0.1) is 0 Å². The van der Waals surface area contributed by atoms with E-state index in [0.717, 1.165) is 32.2 Å². The standard InChI is InChI=1S/C25H29N2O3P.C2H6/c1-26(31(28,29)30-23-13-5-3-6-14-23)19-10-20-27-24-15-7-2-4-11-21(24)17-18-22-12-8-9-16-25(22)27;1-2/h2-3,5-9,11-16H,4,10,17-20H2,1H3,(H,28,29);1-2H3. The maximum absolute atomic E-state index is 12.7. The topological polar surface area (TPSA) is 53.0 Å². The van der Waals surface area contributed by atoms with Gasteiger partial charge in [0.25, 0.3) is 0 Å². The van der Waals surface area contributed by atoms with Crippen molar-refractivity contribution in [3.8, 4) is 5.75 Å². The molecule has 6 heteroatoms. The number of aryl methyl sites for hydroxylation is 1. The second kappa shape index (κ2) is 12.0. The molecule has 2 aromatic rings. The maximum atomic E-state index is 12.7. The summed E-state index contributed by atoms with van der Waals surface area (Å²) < 4.78 is 19.5. The predicted octanol–water partition coefficient (Wildman–Crippen LogP) is 6.74. The number of anilines is 1. The van der Waals surface area contributed by atoms with E-state index in [1.807, 2.05) is 19.9 Å². The first-order valence-corrected chi connectivity index (χ1v) is 13.3. The van der Waals surface area contributed by atoms with Crippen LogP contribution in [-0.2, 0) is 11.0 Å². The van der Waals surface area contributed by atoms with E-state index in [-0.39, 0.29) is 0 Å². The number of hydrogen-bond donors (Lipinski definition) is 1. The van der Waals surface area contributed by atoms with E-state index in [4.69, 9.17) is 4.52 Å². The Labute approximate surface area is 198 Å². The number of rotatable bonds is 7. The first kappa shape index (κ1) is 25.0. The number of nitrogens with zero attached hydrogens (tertiary/aromatic N) is 2. The van der Waals surface area contributed by atoms with Crippen molar-refractivity contribution < 1.29 is 14.0 Å². The van der Waals surface area contributed by atoms with E-state index < -0.39 is 7.75 Å². The Balaban J connectivity index is 0.00000149. The quantitative estimate of drug-likeness (QED) is 0.458. The lowest BCUT2D eigenvalue weighted by atomic mass is 10.0. The Morgan fingerprint density at radius 1 is 1.06 bits per heavy atom. The minimum atomic E-state index is -3.91. The Bertz CT molecular complexity index is 1050. The summed E-state index contributed by atoms with van der Waals surface area (Å²) in [7, 11) is -2.27. The molecule has 4 rings (SSSR count). The molecule has 1 N–H and O–H groups in total. The minimum Gasteiger partial charge on any atom is -0.413 e. The van der Waals surface area contributed by atoms with E-state index in [9.17, 15) is 9.46 Å². The van der Waals surface area contributed by atoms with Crippen molar-refractivity contribution in [2.75, 3.05) is 25.0 Å². The van der Waals surface area contributed by atoms with Crippen molar-refractivity contribution in [2.45, 2.75) is 39.5 Å². The molecule has 0 saturated carbocycles. The first-order chi connectivity index (χ1) is 16.0. The van der Waals surface area contributed by atoms with Gasteiger partial charge in [0.2, 0.25) is 0 Å². The van der Waals surface area contributed by atoms with Crippen LogP contribution in [0.3, 0.4) is 0 Å². The summed E-state index contributed by atoms with van der Waals surface area (Å²) in [5, 5.41) is 0. The van der Waals surface area contributed by atoms with Gasteiger partial charge in [-0.25, -0.2) is 9.24 Å². The van der Waals surface area contributed by atoms with Gasteiger partial charge in [0.1, 0.15) is 5.75 Å². The van der Waals surface area contributed by atoms with Crippen LogP contribution >= 0.6 is 7.75 Å². The van der Waals surface area contributed by atoms with Crippen molar-refractivity contribution in [2.24, 2.45) is 0 Å². The van der Waals surface area contributed by atoms with Crippen molar-refractivity contribution in [3.05, 3.63) is 95.7 Å². The van der Waals surface area contributed by atoms with Crippen LogP contribution in [0.25, 0.3) is 0 Å². The molecule has 176 valence electrons. The largest absolute Gasteiger partial charge is 0.458 e. The average molecular weight is 467 g/mol. The van der Waals surface area contributed by atoms with Gasteiger partial charge < -0.3 is 14.3 Å². The van der Waals surface area contributed by atoms with E-state index in [0.29, 0.717) is 12.3 Å². The SMILES string of the molecule is CC.CN(CCCN1C2=CC=CCC=C2CCc2ccccc21)P(=O)(O)Oc1ccccc1. The second-order valence-electron chi connectivity index (χ2n) is 7.86. The number of hydrogen-bond acceptors (Lipinski definition) is 3. The van der Waals surface area contributed by atoms with Crippen molar-refractivity contribution >= 4 is 13.4 Å². The molecular weight excluding hydrogens is 431 g/mol. The van der Waals surface area contributed by atoms with Gasteiger partial charge in [-0.2, -0.15) is 0 Å². The van der Waals surface area contributed by atoms with E-state index in [1.165, 1.54) is 27.2 Å². The lowest BCUT2D eigenvalue weighted by Crippen LogP contribution is -2.28. The maximum Gasteiger partial charge on any atom is 0.458 e. The second-order valence-corrected chi connectivity index (χ2v) is 9.70. The third-order valence-corrected chi connectivity index (χ3v) is 7.23. The van der Waals surface area contributed by atoms with Gasteiger partial charge in [-0.1, -0.05) is 68.5 Å². The van der Waals surface area contributed by atoms with Crippen molar-refractivity contribution in [1.29, 1.82) is 0 Å². The zero-order chi connectivity index (χ0) is 23.7. The molecule has 33 heavy (non-hydrogen) atoms. The summed E-state index contributed by atoms with van der Waals surface area (Å²) in [6, 6.07) is 17.3. The van der Waals surface area contributed by atoms with E-state index in [1.54, 1.807) is 31.3 Å². The molecule has 0 fully saturated rings. The molecule has 1 aliphatic carbocycles. The third kappa shape index (κ3) is 6.48. The average Bonchev–Trinajstić information content (AvgIpc) is 3.15. The molecule has 0 bridgehead atoms. The molecule has 0 saturated heterocycles. The summed E-state index contributed by atoms with van der Waals surface area (Å²) in [6.07, 6.45) is 12.5. The van der Waals surface area contributed by atoms with Crippen molar-refractivity contribution in [3.63, 3.8) is 0 Å². The third-order valence-electron chi connectivity index (χ3n) is 5.72. The Hall–Kier alpha value is -2.59. The van der Waals surface area contributed by atoms with Gasteiger partial charge in [0.15, 0.2) is 0 Å². The fraction of sp³-hybridized carbons (Fsp3) is 0.333. The van der Waals surface area contributed by atoms with Crippen LogP contribution in [0.15, 0.2) is 90.2 Å². The first-order valence-electron chi connectivity index (χ1n) is 11.8. The normalized spacial score (nSPS) is 16.7. The highest BCUT2D eigenvalue weighted by Crippen LogP contribution is 2.45. The van der Waals surface area contributed by atoms with Crippen LogP contribution in [-0.4, -0.2) is 29.7 Å². The molecular formula is C27H35N2O3P. The molecule has 2 aromatic carbocycles. The van der Waals surface area contributed by atoms with Crippen LogP contribution in [0.5, 0.6) is 5.75 Å².